The molecular weight excluding hydrogens is 476 g/mol. The number of rotatable bonds is 6. The molecule has 0 fully saturated rings. The first-order valence-electron chi connectivity index (χ1n) is 11.2. The molecular formula is C27H24N4O2S2. The number of amides is 1. The van der Waals surface area contributed by atoms with Crippen molar-refractivity contribution in [2.24, 2.45) is 0 Å². The lowest BCUT2D eigenvalue weighted by Crippen LogP contribution is -2.24. The minimum absolute atomic E-state index is 0.115. The summed E-state index contributed by atoms with van der Waals surface area (Å²) in [6, 6.07) is 17.8. The van der Waals surface area contributed by atoms with Gasteiger partial charge in [0.25, 0.3) is 5.56 Å². The van der Waals surface area contributed by atoms with Crippen molar-refractivity contribution < 1.29 is 4.79 Å². The Morgan fingerprint density at radius 2 is 1.83 bits per heavy atom. The van der Waals surface area contributed by atoms with Crippen LogP contribution in [0.1, 0.15) is 22.3 Å². The number of hydrogen-bond donors (Lipinski definition) is 1. The lowest BCUT2D eigenvalue weighted by molar-refractivity contribution is -0.113. The minimum Gasteiger partial charge on any atom is -0.325 e. The summed E-state index contributed by atoms with van der Waals surface area (Å²) >= 11 is 2.63. The summed E-state index contributed by atoms with van der Waals surface area (Å²) in [6.45, 7) is 6.40. The van der Waals surface area contributed by atoms with E-state index in [1.54, 1.807) is 10.8 Å². The smallest absolute Gasteiger partial charge is 0.272 e. The third kappa shape index (κ3) is 4.85. The SMILES string of the molecule is Cc1ccc(Cn2c(SCC(=O)Nc3ccc(C)cc3C)nc3c(sc4ncccc43)c2=O)cc1. The maximum absolute atomic E-state index is 13.6. The molecule has 176 valence electrons. The van der Waals surface area contributed by atoms with Crippen LogP contribution in [0.15, 0.2) is 70.7 Å². The number of carbonyl (C=O) groups is 1. The number of carbonyl (C=O) groups excluding carboxylic acids is 1. The summed E-state index contributed by atoms with van der Waals surface area (Å²) in [5.41, 5.74) is 5.62. The highest BCUT2D eigenvalue weighted by Crippen LogP contribution is 2.30. The van der Waals surface area contributed by atoms with Crippen molar-refractivity contribution in [2.75, 3.05) is 11.1 Å². The van der Waals surface area contributed by atoms with E-state index in [1.807, 2.05) is 75.4 Å². The van der Waals surface area contributed by atoms with Crippen molar-refractivity contribution in [1.82, 2.24) is 14.5 Å². The second-order valence-corrected chi connectivity index (χ2v) is 10.5. The first-order chi connectivity index (χ1) is 16.9. The molecule has 1 amide bonds. The molecule has 0 aliphatic rings. The van der Waals surface area contributed by atoms with Gasteiger partial charge in [0.2, 0.25) is 5.91 Å². The fourth-order valence-electron chi connectivity index (χ4n) is 3.94. The molecule has 0 spiro atoms. The second kappa shape index (κ2) is 9.64. The Labute approximate surface area is 211 Å². The van der Waals surface area contributed by atoms with Gasteiger partial charge in [-0.25, -0.2) is 9.97 Å². The first kappa shape index (κ1) is 23.3. The topological polar surface area (TPSA) is 76.9 Å². The summed E-state index contributed by atoms with van der Waals surface area (Å²) < 4.78 is 2.24. The zero-order valence-corrected chi connectivity index (χ0v) is 21.3. The highest BCUT2D eigenvalue weighted by Gasteiger charge is 2.18. The minimum atomic E-state index is -0.143. The van der Waals surface area contributed by atoms with E-state index in [2.05, 4.69) is 10.3 Å². The van der Waals surface area contributed by atoms with Crippen LogP contribution in [0, 0.1) is 20.8 Å². The van der Waals surface area contributed by atoms with E-state index < -0.39 is 0 Å². The number of anilines is 1. The Hall–Kier alpha value is -3.49. The number of aromatic nitrogens is 3. The van der Waals surface area contributed by atoms with Crippen LogP contribution < -0.4 is 10.9 Å². The molecule has 8 heteroatoms. The van der Waals surface area contributed by atoms with Gasteiger partial charge in [0.1, 0.15) is 9.53 Å². The molecule has 0 saturated carbocycles. The van der Waals surface area contributed by atoms with E-state index in [1.165, 1.54) is 23.1 Å². The number of thiophene rings is 1. The maximum Gasteiger partial charge on any atom is 0.272 e. The van der Waals surface area contributed by atoms with E-state index >= 15 is 0 Å². The van der Waals surface area contributed by atoms with Gasteiger partial charge in [-0.15, -0.1) is 11.3 Å². The number of hydrogen-bond acceptors (Lipinski definition) is 6. The van der Waals surface area contributed by atoms with Gasteiger partial charge in [-0.05, 0) is 50.1 Å². The van der Waals surface area contributed by atoms with Crippen molar-refractivity contribution in [3.05, 3.63) is 93.4 Å². The van der Waals surface area contributed by atoms with Crippen molar-refractivity contribution in [3.8, 4) is 0 Å². The number of nitrogens with zero attached hydrogens (tertiary/aromatic N) is 3. The van der Waals surface area contributed by atoms with Crippen LogP contribution in [0.25, 0.3) is 20.4 Å². The lowest BCUT2D eigenvalue weighted by atomic mass is 10.1. The predicted molar refractivity (Wildman–Crippen MR) is 145 cm³/mol. The van der Waals surface area contributed by atoms with Gasteiger partial charge in [-0.3, -0.25) is 14.2 Å². The van der Waals surface area contributed by atoms with Gasteiger partial charge in [0.05, 0.1) is 17.8 Å². The molecule has 0 saturated heterocycles. The molecule has 0 unspecified atom stereocenters. The Bertz CT molecular complexity index is 1620. The van der Waals surface area contributed by atoms with E-state index in [-0.39, 0.29) is 17.2 Å². The van der Waals surface area contributed by atoms with Crippen molar-refractivity contribution in [3.63, 3.8) is 0 Å². The van der Waals surface area contributed by atoms with Crippen molar-refractivity contribution >= 4 is 55.1 Å². The van der Waals surface area contributed by atoms with Crippen LogP contribution in [0.5, 0.6) is 0 Å². The molecule has 3 aromatic heterocycles. The van der Waals surface area contributed by atoms with Gasteiger partial charge >= 0.3 is 0 Å². The zero-order chi connectivity index (χ0) is 24.5. The molecule has 0 bridgehead atoms. The molecule has 35 heavy (non-hydrogen) atoms. The van der Waals surface area contributed by atoms with E-state index in [4.69, 9.17) is 4.98 Å². The number of aryl methyl sites for hydroxylation is 3. The highest BCUT2D eigenvalue weighted by atomic mass is 32.2. The molecule has 5 aromatic rings. The highest BCUT2D eigenvalue weighted by molar-refractivity contribution is 7.99. The molecule has 1 N–H and O–H groups in total. The maximum atomic E-state index is 13.6. The molecule has 0 aliphatic heterocycles. The van der Waals surface area contributed by atoms with Gasteiger partial charge in [-0.2, -0.15) is 0 Å². The monoisotopic (exact) mass is 500 g/mol. The van der Waals surface area contributed by atoms with Crippen LogP contribution in [0.4, 0.5) is 5.69 Å². The van der Waals surface area contributed by atoms with E-state index in [0.717, 1.165) is 38.2 Å². The predicted octanol–water partition coefficient (Wildman–Crippen LogP) is 5.71. The number of pyridine rings is 1. The summed E-state index contributed by atoms with van der Waals surface area (Å²) in [5, 5.41) is 4.35. The summed E-state index contributed by atoms with van der Waals surface area (Å²) in [4.78, 5) is 36.4. The van der Waals surface area contributed by atoms with Gasteiger partial charge in [0.15, 0.2) is 5.16 Å². The molecule has 2 aromatic carbocycles. The average Bonchev–Trinajstić information content (AvgIpc) is 3.22. The summed E-state index contributed by atoms with van der Waals surface area (Å²) in [7, 11) is 0. The quantitative estimate of drug-likeness (QED) is 0.239. The standard InChI is InChI=1S/C27H24N4O2S2/c1-16-6-9-19(10-7-16)14-31-26(33)24-23(20-5-4-12-28-25(20)35-24)30-27(31)34-15-22(32)29-21-11-8-17(2)13-18(21)3/h4-13H,14-15H2,1-3H3,(H,29,32). The molecule has 6 nitrogen and oxygen atoms in total. The average molecular weight is 501 g/mol. The van der Waals surface area contributed by atoms with Crippen LogP contribution in [0.2, 0.25) is 0 Å². The van der Waals surface area contributed by atoms with Crippen molar-refractivity contribution in [1.29, 1.82) is 0 Å². The third-order valence-corrected chi connectivity index (χ3v) is 7.83. The van der Waals surface area contributed by atoms with Crippen molar-refractivity contribution in [2.45, 2.75) is 32.5 Å². The summed E-state index contributed by atoms with van der Waals surface area (Å²) in [5.74, 6) is -0.00512. The lowest BCUT2D eigenvalue weighted by Gasteiger charge is -2.13. The first-order valence-corrected chi connectivity index (χ1v) is 13.0. The molecule has 0 radical (unpaired) electrons. The molecule has 0 atom stereocenters. The normalized spacial score (nSPS) is 11.3. The summed E-state index contributed by atoms with van der Waals surface area (Å²) in [6.07, 6.45) is 1.72. The number of nitrogens with one attached hydrogen (secondary N) is 1. The zero-order valence-electron chi connectivity index (χ0n) is 19.7. The Kier molecular flexibility index (Phi) is 6.40. The van der Waals surface area contributed by atoms with Crippen LogP contribution >= 0.6 is 23.1 Å². The van der Waals surface area contributed by atoms with Gasteiger partial charge in [0, 0.05) is 17.3 Å². The fraction of sp³-hybridized carbons (Fsp3) is 0.185. The van der Waals surface area contributed by atoms with E-state index in [9.17, 15) is 9.59 Å². The van der Waals surface area contributed by atoms with Crippen LogP contribution in [-0.4, -0.2) is 26.2 Å². The number of thioether (sulfide) groups is 1. The fourth-order valence-corrected chi connectivity index (χ4v) is 5.76. The molecule has 0 aliphatic carbocycles. The van der Waals surface area contributed by atoms with Crippen LogP contribution in [0.3, 0.4) is 0 Å². The third-order valence-electron chi connectivity index (χ3n) is 5.77. The Morgan fingerprint density at radius 3 is 2.60 bits per heavy atom. The molecule has 3 heterocycles. The second-order valence-electron chi connectivity index (χ2n) is 8.56. The Morgan fingerprint density at radius 1 is 1.06 bits per heavy atom. The van der Waals surface area contributed by atoms with E-state index in [0.29, 0.717) is 21.9 Å². The van der Waals surface area contributed by atoms with Crippen LogP contribution in [-0.2, 0) is 11.3 Å². The van der Waals surface area contributed by atoms with Gasteiger partial charge < -0.3 is 5.32 Å². The van der Waals surface area contributed by atoms with Gasteiger partial charge in [-0.1, -0.05) is 59.3 Å². The Balaban J connectivity index is 1.50. The molecule has 5 rings (SSSR count). The largest absolute Gasteiger partial charge is 0.325 e. The number of benzene rings is 2. The number of fused-ring (bicyclic) bond motifs is 3.